The Morgan fingerprint density at radius 1 is 0.556 bits per heavy atom. The SMILES string of the molecule is C1=COOOOOCCCCCCCCCCO1. The maximum atomic E-state index is 5.17. The van der Waals surface area contributed by atoms with Crippen molar-refractivity contribution in [3.63, 3.8) is 0 Å². The second-order valence-electron chi connectivity index (χ2n) is 4.09. The Kier molecular flexibility index (Phi) is 10.7. The lowest BCUT2D eigenvalue weighted by Crippen LogP contribution is -1.99. The van der Waals surface area contributed by atoms with Gasteiger partial charge in [-0.1, -0.05) is 38.5 Å². The summed E-state index contributed by atoms with van der Waals surface area (Å²) in [6.45, 7) is 1.16. The lowest BCUT2D eigenvalue weighted by atomic mass is 10.1. The van der Waals surface area contributed by atoms with E-state index in [9.17, 15) is 0 Å². The van der Waals surface area contributed by atoms with E-state index < -0.39 is 0 Å². The molecule has 0 spiro atoms. The highest BCUT2D eigenvalue weighted by Crippen LogP contribution is 2.09. The molecule has 1 heterocycles. The molecule has 0 amide bonds. The van der Waals surface area contributed by atoms with Crippen molar-refractivity contribution in [1.29, 1.82) is 0 Å². The Morgan fingerprint density at radius 2 is 1.22 bits per heavy atom. The molecular weight excluding hydrogens is 240 g/mol. The summed E-state index contributed by atoms with van der Waals surface area (Å²) in [6.07, 6.45) is 12.0. The number of rotatable bonds is 0. The van der Waals surface area contributed by atoms with Crippen LogP contribution >= 0.6 is 0 Å². The average molecular weight is 262 g/mol. The second kappa shape index (κ2) is 12.6. The Morgan fingerprint density at radius 3 is 2.00 bits per heavy atom. The van der Waals surface area contributed by atoms with Gasteiger partial charge in [0.05, 0.1) is 13.2 Å². The van der Waals surface area contributed by atoms with Gasteiger partial charge in [-0.3, -0.25) is 0 Å². The first-order chi connectivity index (χ1) is 9.00. The van der Waals surface area contributed by atoms with Crippen LogP contribution in [0.15, 0.2) is 12.5 Å². The summed E-state index contributed by atoms with van der Waals surface area (Å²) < 4.78 is 5.17. The highest BCUT2D eigenvalue weighted by Gasteiger charge is 1.95. The summed E-state index contributed by atoms with van der Waals surface area (Å²) in [4.78, 5) is 9.14. The van der Waals surface area contributed by atoms with E-state index in [0.717, 1.165) is 19.3 Å². The first kappa shape index (κ1) is 15.2. The minimum atomic E-state index is 0.475. The molecule has 0 saturated heterocycles. The Labute approximate surface area is 107 Å². The third-order valence-electron chi connectivity index (χ3n) is 2.59. The smallest absolute Gasteiger partial charge is 0.167 e. The van der Waals surface area contributed by atoms with Crippen LogP contribution in [0.5, 0.6) is 0 Å². The van der Waals surface area contributed by atoms with Gasteiger partial charge in [-0.25, -0.2) is 4.89 Å². The van der Waals surface area contributed by atoms with Crippen molar-refractivity contribution >= 4 is 0 Å². The van der Waals surface area contributed by atoms with Gasteiger partial charge in [0.15, 0.2) is 6.26 Å². The van der Waals surface area contributed by atoms with Crippen LogP contribution in [-0.4, -0.2) is 13.2 Å². The molecule has 6 nitrogen and oxygen atoms in total. The van der Waals surface area contributed by atoms with Crippen molar-refractivity contribution in [2.45, 2.75) is 51.4 Å². The van der Waals surface area contributed by atoms with Gasteiger partial charge in [0.2, 0.25) is 0 Å². The summed E-state index contributed by atoms with van der Waals surface area (Å²) >= 11 is 0. The quantitative estimate of drug-likeness (QED) is 0.624. The molecule has 1 rings (SSSR count). The van der Waals surface area contributed by atoms with Gasteiger partial charge >= 0.3 is 0 Å². The van der Waals surface area contributed by atoms with Crippen LogP contribution in [0.2, 0.25) is 0 Å². The van der Waals surface area contributed by atoms with Crippen LogP contribution in [0.1, 0.15) is 51.4 Å². The first-order valence-corrected chi connectivity index (χ1v) is 6.55. The molecule has 106 valence electrons. The Balaban J connectivity index is 2.06. The molecule has 0 bridgehead atoms. The standard InChI is InChI=1S/C12H22O6/c1-2-4-6-8-10-14-16-18-17-15-12-11-13-9-7-5-3-1/h11-12H,1-10H2. The maximum Gasteiger partial charge on any atom is 0.167 e. The third-order valence-corrected chi connectivity index (χ3v) is 2.59. The fourth-order valence-corrected chi connectivity index (χ4v) is 1.64. The molecular formula is C12H22O6. The highest BCUT2D eigenvalue weighted by atomic mass is 17.8. The average Bonchev–Trinajstić information content (AvgIpc) is 2.39. The first-order valence-electron chi connectivity index (χ1n) is 6.55. The molecule has 0 aromatic carbocycles. The van der Waals surface area contributed by atoms with Crippen molar-refractivity contribution in [1.82, 2.24) is 0 Å². The molecule has 0 N–H and O–H groups in total. The molecule has 0 atom stereocenters. The van der Waals surface area contributed by atoms with Crippen LogP contribution in [-0.2, 0) is 29.6 Å². The lowest BCUT2D eigenvalue weighted by Gasteiger charge is -2.04. The number of hydrogen-bond acceptors (Lipinski definition) is 6. The van der Waals surface area contributed by atoms with Crippen LogP contribution < -0.4 is 0 Å². The second-order valence-corrected chi connectivity index (χ2v) is 4.09. The highest BCUT2D eigenvalue weighted by molar-refractivity contribution is 4.58. The van der Waals surface area contributed by atoms with Gasteiger partial charge in [-0.15, -0.1) is 0 Å². The predicted octanol–water partition coefficient (Wildman–Crippen LogP) is 3.35. The van der Waals surface area contributed by atoms with Gasteiger partial charge in [-0.2, -0.15) is 0 Å². The molecule has 0 saturated carbocycles. The molecule has 0 radical (unpaired) electrons. The van der Waals surface area contributed by atoms with Gasteiger partial charge in [-0.05, 0) is 17.9 Å². The topological polar surface area (TPSA) is 55.4 Å². The van der Waals surface area contributed by atoms with Gasteiger partial charge in [0.1, 0.15) is 6.26 Å². The molecule has 0 fully saturated rings. The predicted molar refractivity (Wildman–Crippen MR) is 62.3 cm³/mol. The fraction of sp³-hybridized carbons (Fsp3) is 0.833. The summed E-state index contributed by atoms with van der Waals surface area (Å²) in [5, 5.41) is 12.6. The van der Waals surface area contributed by atoms with E-state index in [1.807, 2.05) is 0 Å². The fourth-order valence-electron chi connectivity index (χ4n) is 1.64. The zero-order valence-corrected chi connectivity index (χ0v) is 10.7. The minimum Gasteiger partial charge on any atom is -0.498 e. The van der Waals surface area contributed by atoms with Crippen LogP contribution in [0, 0.1) is 0 Å². The molecule has 18 heavy (non-hydrogen) atoms. The largest absolute Gasteiger partial charge is 0.498 e. The van der Waals surface area contributed by atoms with Crippen LogP contribution in [0.4, 0.5) is 0 Å². The molecule has 0 aromatic rings. The van der Waals surface area contributed by atoms with E-state index in [1.54, 1.807) is 0 Å². The molecule has 1 aliphatic rings. The van der Waals surface area contributed by atoms with Crippen molar-refractivity contribution in [2.24, 2.45) is 0 Å². The van der Waals surface area contributed by atoms with Crippen molar-refractivity contribution in [3.05, 3.63) is 12.5 Å². The van der Waals surface area contributed by atoms with Crippen LogP contribution in [0.3, 0.4) is 0 Å². The zero-order valence-electron chi connectivity index (χ0n) is 10.7. The molecule has 0 aromatic heterocycles. The van der Waals surface area contributed by atoms with E-state index in [2.05, 4.69) is 20.0 Å². The summed E-state index contributed by atoms with van der Waals surface area (Å²) in [6, 6.07) is 0. The normalized spacial score (nSPS) is 22.2. The Hall–Kier alpha value is -0.820. The van der Waals surface area contributed by atoms with Gasteiger partial charge in [0.25, 0.3) is 0 Å². The number of hydrogen-bond donors (Lipinski definition) is 0. The third kappa shape index (κ3) is 10.3. The lowest BCUT2D eigenvalue weighted by molar-refractivity contribution is -0.700. The molecule has 0 unspecified atom stereocenters. The van der Waals surface area contributed by atoms with E-state index in [1.165, 1.54) is 44.6 Å². The monoisotopic (exact) mass is 262 g/mol. The maximum absolute atomic E-state index is 5.17. The van der Waals surface area contributed by atoms with Crippen LogP contribution in [0.25, 0.3) is 0 Å². The zero-order chi connectivity index (χ0) is 12.7. The number of ether oxygens (including phenoxy) is 1. The van der Waals surface area contributed by atoms with E-state index >= 15 is 0 Å². The summed E-state index contributed by atoms with van der Waals surface area (Å²) in [7, 11) is 0. The summed E-state index contributed by atoms with van der Waals surface area (Å²) in [5.41, 5.74) is 0. The molecule has 1 aliphatic heterocycles. The Bertz CT molecular complexity index is 177. The van der Waals surface area contributed by atoms with E-state index in [-0.39, 0.29) is 0 Å². The van der Waals surface area contributed by atoms with Gasteiger partial charge < -0.3 is 9.62 Å². The molecule has 6 heteroatoms. The summed E-state index contributed by atoms with van der Waals surface area (Å²) in [5.74, 6) is 0. The van der Waals surface area contributed by atoms with E-state index in [4.69, 9.17) is 9.62 Å². The van der Waals surface area contributed by atoms with E-state index in [0.29, 0.717) is 13.2 Å². The van der Waals surface area contributed by atoms with Crippen molar-refractivity contribution in [2.75, 3.05) is 13.2 Å². The molecule has 0 aliphatic carbocycles. The van der Waals surface area contributed by atoms with Crippen molar-refractivity contribution < 1.29 is 29.6 Å². The van der Waals surface area contributed by atoms with Crippen molar-refractivity contribution in [3.8, 4) is 0 Å². The van der Waals surface area contributed by atoms with Gasteiger partial charge in [0, 0.05) is 10.1 Å². The minimum absolute atomic E-state index is 0.475.